The van der Waals surface area contributed by atoms with Crippen LogP contribution in [0.25, 0.3) is 0 Å². The smallest absolute Gasteiger partial charge is 0.269 e. The van der Waals surface area contributed by atoms with Crippen molar-refractivity contribution in [1.29, 1.82) is 0 Å². The van der Waals surface area contributed by atoms with Gasteiger partial charge < -0.3 is 0 Å². The number of hydrogen-bond acceptors (Lipinski definition) is 2. The van der Waals surface area contributed by atoms with Crippen LogP contribution >= 0.6 is 11.8 Å². The molecular formula is C8H13F3OS. The van der Waals surface area contributed by atoms with Gasteiger partial charge in [0.15, 0.2) is 11.3 Å². The maximum absolute atomic E-state index is 12.3. The summed E-state index contributed by atoms with van der Waals surface area (Å²) >= 11 is 1.08. The van der Waals surface area contributed by atoms with Crippen molar-refractivity contribution in [3.63, 3.8) is 0 Å². The molecule has 0 saturated heterocycles. The highest BCUT2D eigenvalue weighted by Gasteiger charge is 2.18. The van der Waals surface area contributed by atoms with Crippen molar-refractivity contribution >= 4 is 16.9 Å². The van der Waals surface area contributed by atoms with Crippen molar-refractivity contribution < 1.29 is 18.0 Å². The number of halogens is 3. The summed E-state index contributed by atoms with van der Waals surface area (Å²) < 4.78 is 35.6. The van der Waals surface area contributed by atoms with Crippen LogP contribution in [0.2, 0.25) is 0 Å². The summed E-state index contributed by atoms with van der Waals surface area (Å²) in [6.07, 6.45) is -4.36. The first-order valence-corrected chi connectivity index (χ1v) is 5.14. The molecule has 0 saturated carbocycles. The van der Waals surface area contributed by atoms with Crippen molar-refractivity contribution in [2.75, 3.05) is 5.75 Å². The molecule has 0 aromatic rings. The molecule has 0 radical (unpaired) electrons. The SMILES string of the molecule is CCC(=O)SCCCC(F)C(F)F. The fourth-order valence-corrected chi connectivity index (χ4v) is 1.44. The predicted octanol–water partition coefficient (Wildman–Crippen LogP) is 3.04. The first-order valence-electron chi connectivity index (χ1n) is 4.15. The minimum absolute atomic E-state index is 0.0208. The molecule has 0 aromatic carbocycles. The topological polar surface area (TPSA) is 17.1 Å². The quantitative estimate of drug-likeness (QED) is 0.632. The molecule has 5 heteroatoms. The predicted molar refractivity (Wildman–Crippen MR) is 47.9 cm³/mol. The Labute approximate surface area is 80.1 Å². The molecule has 0 spiro atoms. The minimum atomic E-state index is -2.90. The largest absolute Gasteiger partial charge is 0.287 e. The Balaban J connectivity index is 3.30. The van der Waals surface area contributed by atoms with E-state index >= 15 is 0 Å². The van der Waals surface area contributed by atoms with Gasteiger partial charge in [-0.2, -0.15) is 0 Å². The van der Waals surface area contributed by atoms with Crippen LogP contribution in [0.5, 0.6) is 0 Å². The highest BCUT2D eigenvalue weighted by molar-refractivity contribution is 8.13. The van der Waals surface area contributed by atoms with E-state index in [0.717, 1.165) is 11.8 Å². The molecular weight excluding hydrogens is 201 g/mol. The molecule has 0 bridgehead atoms. The normalized spacial score (nSPS) is 13.3. The van der Waals surface area contributed by atoms with Gasteiger partial charge in [-0.25, -0.2) is 13.2 Å². The van der Waals surface area contributed by atoms with Gasteiger partial charge in [0.1, 0.15) is 0 Å². The Kier molecular flexibility index (Phi) is 7.13. The number of hydrogen-bond donors (Lipinski definition) is 0. The lowest BCUT2D eigenvalue weighted by atomic mass is 10.2. The van der Waals surface area contributed by atoms with Gasteiger partial charge in [-0.05, 0) is 12.8 Å². The lowest BCUT2D eigenvalue weighted by molar-refractivity contribution is -0.110. The second-order valence-electron chi connectivity index (χ2n) is 2.57. The van der Waals surface area contributed by atoms with Crippen LogP contribution in [0.15, 0.2) is 0 Å². The summed E-state index contributed by atoms with van der Waals surface area (Å²) in [5, 5.41) is 0.0208. The van der Waals surface area contributed by atoms with Gasteiger partial charge in [0.25, 0.3) is 6.43 Å². The summed E-state index contributed by atoms with van der Waals surface area (Å²) in [5.41, 5.74) is 0. The van der Waals surface area contributed by atoms with Crippen molar-refractivity contribution in [2.45, 2.75) is 38.8 Å². The van der Waals surface area contributed by atoms with Gasteiger partial charge in [0, 0.05) is 12.2 Å². The second kappa shape index (κ2) is 7.24. The summed E-state index contributed by atoms with van der Waals surface area (Å²) in [6.45, 7) is 1.73. The summed E-state index contributed by atoms with van der Waals surface area (Å²) in [6, 6.07) is 0. The van der Waals surface area contributed by atoms with E-state index in [1.165, 1.54) is 0 Å². The fraction of sp³-hybridized carbons (Fsp3) is 0.875. The van der Waals surface area contributed by atoms with Crippen LogP contribution in [-0.2, 0) is 4.79 Å². The zero-order valence-electron chi connectivity index (χ0n) is 7.43. The van der Waals surface area contributed by atoms with Crippen molar-refractivity contribution in [3.8, 4) is 0 Å². The van der Waals surface area contributed by atoms with E-state index in [1.807, 2.05) is 0 Å². The zero-order chi connectivity index (χ0) is 10.3. The Hall–Kier alpha value is -0.190. The molecule has 0 aliphatic carbocycles. The maximum Gasteiger partial charge on any atom is 0.269 e. The number of alkyl halides is 3. The van der Waals surface area contributed by atoms with Crippen LogP contribution in [-0.4, -0.2) is 23.5 Å². The minimum Gasteiger partial charge on any atom is -0.287 e. The fourth-order valence-electron chi connectivity index (χ4n) is 0.692. The van der Waals surface area contributed by atoms with E-state index < -0.39 is 12.6 Å². The molecule has 1 atom stereocenters. The monoisotopic (exact) mass is 214 g/mol. The summed E-state index contributed by atoms with van der Waals surface area (Å²) in [5.74, 6) is 0.430. The number of rotatable bonds is 6. The third-order valence-corrected chi connectivity index (χ3v) is 2.55. The van der Waals surface area contributed by atoms with E-state index in [1.54, 1.807) is 6.92 Å². The lowest BCUT2D eigenvalue weighted by Gasteiger charge is -2.05. The highest BCUT2D eigenvalue weighted by atomic mass is 32.2. The molecule has 0 amide bonds. The Bertz CT molecular complexity index is 152. The highest BCUT2D eigenvalue weighted by Crippen LogP contribution is 2.15. The zero-order valence-corrected chi connectivity index (χ0v) is 8.25. The molecule has 1 unspecified atom stereocenters. The van der Waals surface area contributed by atoms with Crippen molar-refractivity contribution in [2.24, 2.45) is 0 Å². The molecule has 78 valence electrons. The second-order valence-corrected chi connectivity index (χ2v) is 3.72. The first-order chi connectivity index (χ1) is 6.07. The number of thioether (sulfide) groups is 1. The van der Waals surface area contributed by atoms with Crippen molar-refractivity contribution in [1.82, 2.24) is 0 Å². The molecule has 0 N–H and O–H groups in total. The molecule has 1 nitrogen and oxygen atoms in total. The van der Waals surface area contributed by atoms with E-state index in [0.29, 0.717) is 18.6 Å². The third-order valence-electron chi connectivity index (χ3n) is 1.45. The average Bonchev–Trinajstić information content (AvgIpc) is 2.11. The van der Waals surface area contributed by atoms with Crippen LogP contribution in [0.1, 0.15) is 26.2 Å². The third kappa shape index (κ3) is 6.93. The van der Waals surface area contributed by atoms with E-state index in [-0.39, 0.29) is 11.5 Å². The van der Waals surface area contributed by atoms with Gasteiger partial charge >= 0.3 is 0 Å². The Morgan fingerprint density at radius 2 is 2.00 bits per heavy atom. The molecule has 0 aliphatic heterocycles. The molecule has 0 aliphatic rings. The van der Waals surface area contributed by atoms with Crippen LogP contribution in [0, 0.1) is 0 Å². The Morgan fingerprint density at radius 1 is 1.38 bits per heavy atom. The van der Waals surface area contributed by atoms with E-state index in [4.69, 9.17) is 0 Å². The molecule has 0 fully saturated rings. The Morgan fingerprint density at radius 3 is 2.46 bits per heavy atom. The van der Waals surface area contributed by atoms with Gasteiger partial charge in [-0.1, -0.05) is 18.7 Å². The van der Waals surface area contributed by atoms with Gasteiger partial charge in [0.05, 0.1) is 0 Å². The van der Waals surface area contributed by atoms with E-state index in [9.17, 15) is 18.0 Å². The van der Waals surface area contributed by atoms with Gasteiger partial charge in [-0.15, -0.1) is 0 Å². The summed E-state index contributed by atoms with van der Waals surface area (Å²) in [7, 11) is 0. The lowest BCUT2D eigenvalue weighted by Crippen LogP contribution is -2.11. The van der Waals surface area contributed by atoms with Crippen LogP contribution in [0.3, 0.4) is 0 Å². The van der Waals surface area contributed by atoms with Gasteiger partial charge in [-0.3, -0.25) is 4.79 Å². The molecule has 0 heterocycles. The van der Waals surface area contributed by atoms with Crippen LogP contribution < -0.4 is 0 Å². The number of carbonyl (C=O) groups excluding carboxylic acids is 1. The van der Waals surface area contributed by atoms with Crippen molar-refractivity contribution in [3.05, 3.63) is 0 Å². The number of carbonyl (C=O) groups is 1. The maximum atomic E-state index is 12.3. The van der Waals surface area contributed by atoms with Crippen LogP contribution in [0.4, 0.5) is 13.2 Å². The average molecular weight is 214 g/mol. The van der Waals surface area contributed by atoms with Gasteiger partial charge in [0.2, 0.25) is 0 Å². The first kappa shape index (κ1) is 12.8. The molecule has 13 heavy (non-hydrogen) atoms. The van der Waals surface area contributed by atoms with E-state index in [2.05, 4.69) is 0 Å². The standard InChI is InChI=1S/C8H13F3OS/c1-2-7(12)13-5-3-4-6(9)8(10)11/h6,8H,2-5H2,1H3. The summed E-state index contributed by atoms with van der Waals surface area (Å²) in [4.78, 5) is 10.7. The molecule has 0 aromatic heterocycles. The molecule has 0 rings (SSSR count).